The fraction of sp³-hybridized carbons (Fsp3) is 0.406. The van der Waals surface area contributed by atoms with Gasteiger partial charge in [-0.2, -0.15) is 0 Å². The Hall–Kier alpha value is -2.91. The minimum Gasteiger partial charge on any atom is -0.313 e. The highest BCUT2D eigenvalue weighted by Crippen LogP contribution is 2.42. The third-order valence-electron chi connectivity index (χ3n) is 7.54. The van der Waals surface area contributed by atoms with Crippen LogP contribution >= 0.6 is 0 Å². The Labute approximate surface area is 212 Å². The molecule has 3 unspecified atom stereocenters. The van der Waals surface area contributed by atoms with E-state index in [4.69, 9.17) is 10.7 Å². The molecule has 186 valence electrons. The summed E-state index contributed by atoms with van der Waals surface area (Å²) in [5, 5.41) is 0. The van der Waals surface area contributed by atoms with Crippen molar-refractivity contribution in [3.05, 3.63) is 93.4 Å². The molecule has 1 heterocycles. The van der Waals surface area contributed by atoms with Gasteiger partial charge in [0.2, 0.25) is 0 Å². The summed E-state index contributed by atoms with van der Waals surface area (Å²) in [6.07, 6.45) is 17.5. The van der Waals surface area contributed by atoms with E-state index >= 15 is 0 Å². The molecule has 3 atom stereocenters. The maximum atomic E-state index is 6.78. The molecule has 2 aliphatic carbocycles. The Kier molecular flexibility index (Phi) is 8.56. The van der Waals surface area contributed by atoms with Crippen molar-refractivity contribution in [3.63, 3.8) is 0 Å². The second-order valence-electron chi connectivity index (χ2n) is 9.79. The van der Waals surface area contributed by atoms with E-state index in [1.165, 1.54) is 50.4 Å². The predicted molar refractivity (Wildman–Crippen MR) is 154 cm³/mol. The molecule has 3 heteroatoms. The zero-order valence-electron chi connectivity index (χ0n) is 22.8. The van der Waals surface area contributed by atoms with E-state index in [9.17, 15) is 0 Å². The van der Waals surface area contributed by atoms with Crippen molar-refractivity contribution in [2.24, 2.45) is 22.6 Å². The van der Waals surface area contributed by atoms with E-state index in [-0.39, 0.29) is 5.92 Å². The standard InChI is InChI=1S/C32H43N3/c1-10-14-27-29(18-28-23(8)22(7)26(11-2)24(28)9)31(13-4)35(30(27)12-3)32(33)34-19-25-16-15-20(5)17-21(25)6/h10-11,14,16-19,21-22,32H,2,8,12-13,15,33H2,1,3-7,9H3/b14-10-,28-18+,34-19?. The average Bonchev–Trinajstić information content (AvgIpc) is 3.24. The van der Waals surface area contributed by atoms with Gasteiger partial charge in [0.1, 0.15) is 0 Å². The van der Waals surface area contributed by atoms with E-state index in [2.05, 4.69) is 96.6 Å². The van der Waals surface area contributed by atoms with Gasteiger partial charge < -0.3 is 4.57 Å². The van der Waals surface area contributed by atoms with Crippen molar-refractivity contribution in [3.8, 4) is 0 Å². The molecule has 2 aliphatic rings. The van der Waals surface area contributed by atoms with E-state index in [1.807, 2.05) is 12.3 Å². The second kappa shape index (κ2) is 11.2. The Morgan fingerprint density at radius 3 is 2.37 bits per heavy atom. The lowest BCUT2D eigenvalue weighted by Gasteiger charge is -2.19. The predicted octanol–water partition coefficient (Wildman–Crippen LogP) is 8.14. The van der Waals surface area contributed by atoms with Crippen LogP contribution in [0.4, 0.5) is 0 Å². The highest BCUT2D eigenvalue weighted by Gasteiger charge is 2.28. The van der Waals surface area contributed by atoms with Crippen LogP contribution in [0, 0.1) is 11.8 Å². The first-order valence-electron chi connectivity index (χ1n) is 13.0. The van der Waals surface area contributed by atoms with E-state index < -0.39 is 6.29 Å². The van der Waals surface area contributed by atoms with E-state index in [0.29, 0.717) is 5.92 Å². The van der Waals surface area contributed by atoms with Crippen molar-refractivity contribution < 1.29 is 0 Å². The lowest BCUT2D eigenvalue weighted by molar-refractivity contribution is 0.513. The van der Waals surface area contributed by atoms with E-state index in [0.717, 1.165) is 24.8 Å². The summed E-state index contributed by atoms with van der Waals surface area (Å²) in [6.45, 7) is 23.7. The normalized spacial score (nSPS) is 23.1. The number of allylic oxidation sites excluding steroid dienone is 10. The highest BCUT2D eigenvalue weighted by atomic mass is 15.2. The molecular formula is C32H43N3. The Morgan fingerprint density at radius 1 is 1.17 bits per heavy atom. The summed E-state index contributed by atoms with van der Waals surface area (Å²) < 4.78 is 2.25. The number of hydrogen-bond donors (Lipinski definition) is 1. The van der Waals surface area contributed by atoms with Gasteiger partial charge >= 0.3 is 0 Å². The summed E-state index contributed by atoms with van der Waals surface area (Å²) in [5.41, 5.74) is 19.2. The molecular weight excluding hydrogens is 426 g/mol. The topological polar surface area (TPSA) is 43.3 Å². The molecule has 1 aromatic heterocycles. The van der Waals surface area contributed by atoms with Gasteiger partial charge in [0, 0.05) is 40.6 Å². The number of aromatic nitrogens is 1. The highest BCUT2D eigenvalue weighted by molar-refractivity contribution is 5.81. The van der Waals surface area contributed by atoms with Crippen LogP contribution in [0.3, 0.4) is 0 Å². The molecule has 3 nitrogen and oxygen atoms in total. The molecule has 1 aromatic rings. The number of hydrogen-bond acceptors (Lipinski definition) is 2. The summed E-state index contributed by atoms with van der Waals surface area (Å²) in [4.78, 5) is 4.86. The van der Waals surface area contributed by atoms with Gasteiger partial charge in [-0.05, 0) is 74.0 Å². The first-order valence-corrected chi connectivity index (χ1v) is 13.0. The molecule has 0 fully saturated rings. The van der Waals surface area contributed by atoms with Crippen molar-refractivity contribution in [2.75, 3.05) is 0 Å². The van der Waals surface area contributed by atoms with Gasteiger partial charge in [0.15, 0.2) is 6.29 Å². The molecule has 0 saturated carbocycles. The zero-order chi connectivity index (χ0) is 25.9. The molecule has 2 N–H and O–H groups in total. The first-order chi connectivity index (χ1) is 16.7. The molecule has 3 rings (SSSR count). The number of aliphatic imine (C=N–C) groups is 1. The van der Waals surface area contributed by atoms with Crippen molar-refractivity contribution in [1.29, 1.82) is 0 Å². The molecule has 0 aromatic carbocycles. The Bertz CT molecular complexity index is 1190. The third-order valence-corrected chi connectivity index (χ3v) is 7.54. The number of rotatable bonds is 8. The smallest absolute Gasteiger partial charge is 0.177 e. The second-order valence-corrected chi connectivity index (χ2v) is 9.79. The van der Waals surface area contributed by atoms with Gasteiger partial charge in [-0.25, -0.2) is 0 Å². The van der Waals surface area contributed by atoms with Crippen LogP contribution in [0.1, 0.15) is 83.7 Å². The maximum absolute atomic E-state index is 6.78. The molecule has 0 aliphatic heterocycles. The van der Waals surface area contributed by atoms with Crippen LogP contribution in [0.15, 0.2) is 75.9 Å². The minimum absolute atomic E-state index is 0.289. The first kappa shape index (κ1) is 26.7. The van der Waals surface area contributed by atoms with Crippen LogP contribution in [-0.2, 0) is 12.8 Å². The monoisotopic (exact) mass is 469 g/mol. The fourth-order valence-electron chi connectivity index (χ4n) is 5.56. The van der Waals surface area contributed by atoms with Crippen molar-refractivity contribution in [2.45, 2.75) is 74.0 Å². The van der Waals surface area contributed by atoms with Crippen molar-refractivity contribution in [1.82, 2.24) is 4.57 Å². The lowest BCUT2D eigenvalue weighted by atomic mass is 9.92. The van der Waals surface area contributed by atoms with Crippen LogP contribution in [0.25, 0.3) is 12.2 Å². The van der Waals surface area contributed by atoms with E-state index in [1.54, 1.807) is 0 Å². The quantitative estimate of drug-likeness (QED) is 0.303. The maximum Gasteiger partial charge on any atom is 0.177 e. The van der Waals surface area contributed by atoms with Crippen LogP contribution in [-0.4, -0.2) is 10.8 Å². The zero-order valence-corrected chi connectivity index (χ0v) is 22.8. The summed E-state index contributed by atoms with van der Waals surface area (Å²) in [5.74, 6) is 0.653. The number of nitrogens with zero attached hydrogens (tertiary/aromatic N) is 2. The minimum atomic E-state index is -0.470. The average molecular weight is 470 g/mol. The summed E-state index contributed by atoms with van der Waals surface area (Å²) >= 11 is 0. The molecule has 0 amide bonds. The summed E-state index contributed by atoms with van der Waals surface area (Å²) in [6, 6.07) is 0. The Morgan fingerprint density at radius 2 is 1.83 bits per heavy atom. The van der Waals surface area contributed by atoms with Gasteiger partial charge in [-0.15, -0.1) is 0 Å². The van der Waals surface area contributed by atoms with Crippen LogP contribution in [0.2, 0.25) is 0 Å². The largest absolute Gasteiger partial charge is 0.313 e. The van der Waals surface area contributed by atoms with Gasteiger partial charge in [-0.3, -0.25) is 10.7 Å². The number of nitrogens with two attached hydrogens (primary N) is 1. The van der Waals surface area contributed by atoms with Gasteiger partial charge in [0.05, 0.1) is 0 Å². The van der Waals surface area contributed by atoms with Crippen LogP contribution < -0.4 is 5.73 Å². The Balaban J connectivity index is 2.15. The van der Waals surface area contributed by atoms with Gasteiger partial charge in [-0.1, -0.05) is 76.8 Å². The third kappa shape index (κ3) is 5.06. The lowest BCUT2D eigenvalue weighted by Crippen LogP contribution is -2.21. The van der Waals surface area contributed by atoms with Gasteiger partial charge in [0.25, 0.3) is 0 Å². The molecule has 35 heavy (non-hydrogen) atoms. The van der Waals surface area contributed by atoms with Crippen LogP contribution in [0.5, 0.6) is 0 Å². The van der Waals surface area contributed by atoms with Crippen molar-refractivity contribution >= 4 is 18.4 Å². The fourth-order valence-corrected chi connectivity index (χ4v) is 5.56. The summed E-state index contributed by atoms with van der Waals surface area (Å²) in [7, 11) is 0. The molecule has 0 bridgehead atoms. The molecule has 0 saturated heterocycles. The molecule has 0 spiro atoms. The SMILES string of the molecule is C=CC1=C(C)/C(=C/c2c(/C=C\C)c(CC)n(C(N)N=CC3=CCC(C)=CC3C)c2CC)C(=C)C1C. The molecule has 0 radical (unpaired) electrons.